The first-order valence-electron chi connectivity index (χ1n) is 11.0. The molecule has 2 fully saturated rings. The van der Waals surface area contributed by atoms with Gasteiger partial charge >= 0.3 is 12.3 Å². The second-order valence-electron chi connectivity index (χ2n) is 8.05. The number of nitrogens with zero attached hydrogens (tertiary/aromatic N) is 4. The Kier molecular flexibility index (Phi) is 8.16. The van der Waals surface area contributed by atoms with Gasteiger partial charge in [-0.15, -0.1) is 0 Å². The van der Waals surface area contributed by atoms with Crippen LogP contribution in [-0.4, -0.2) is 85.2 Å². The van der Waals surface area contributed by atoms with Gasteiger partial charge in [0.05, 0.1) is 18.7 Å². The number of carbonyl (C=O) groups excluding carboxylic acids is 2. The lowest BCUT2D eigenvalue weighted by Gasteiger charge is -2.32. The van der Waals surface area contributed by atoms with Crippen LogP contribution in [0.3, 0.4) is 0 Å². The molecule has 0 radical (unpaired) electrons. The fourth-order valence-electron chi connectivity index (χ4n) is 4.00. The molecule has 32 heavy (non-hydrogen) atoms. The highest BCUT2D eigenvalue weighted by molar-refractivity contribution is 5.78. The summed E-state index contributed by atoms with van der Waals surface area (Å²) in [6.07, 6.45) is -1.68. The minimum atomic E-state index is -4.40. The Morgan fingerprint density at radius 3 is 2.50 bits per heavy atom. The Morgan fingerprint density at radius 2 is 1.88 bits per heavy atom. The Labute approximate surface area is 185 Å². The van der Waals surface area contributed by atoms with E-state index in [1.54, 1.807) is 11.8 Å². The lowest BCUT2D eigenvalue weighted by molar-refractivity contribution is -0.137. The van der Waals surface area contributed by atoms with Crippen LogP contribution in [0.1, 0.15) is 31.7 Å². The summed E-state index contributed by atoms with van der Waals surface area (Å²) in [7, 11) is 0. The van der Waals surface area contributed by atoms with Gasteiger partial charge in [0, 0.05) is 51.5 Å². The zero-order valence-electron chi connectivity index (χ0n) is 18.2. The summed E-state index contributed by atoms with van der Waals surface area (Å²) in [6.45, 7) is 6.11. The Hall–Kier alpha value is -2.56. The smallest absolute Gasteiger partial charge is 0.417 e. The second kappa shape index (κ2) is 10.8. The number of alkyl halides is 3. The molecule has 1 N–H and O–H groups in total. The van der Waals surface area contributed by atoms with Crippen LogP contribution in [0, 0.1) is 0 Å². The average molecular weight is 457 g/mol. The predicted molar refractivity (Wildman–Crippen MR) is 112 cm³/mol. The summed E-state index contributed by atoms with van der Waals surface area (Å²) in [6, 6.07) is 2.48. The van der Waals surface area contributed by atoms with Gasteiger partial charge in [-0.05, 0) is 38.3 Å². The molecule has 178 valence electrons. The molecule has 0 aliphatic carbocycles. The normalized spacial score (nSPS) is 18.9. The molecular formula is C21H30F3N5O3. The van der Waals surface area contributed by atoms with Gasteiger partial charge in [0.1, 0.15) is 5.82 Å². The number of likely N-dealkylation sites (tertiary alicyclic amines) is 1. The van der Waals surface area contributed by atoms with E-state index < -0.39 is 11.7 Å². The van der Waals surface area contributed by atoms with Gasteiger partial charge in [0.2, 0.25) is 5.91 Å². The summed E-state index contributed by atoms with van der Waals surface area (Å²) in [5.41, 5.74) is -0.762. The largest absolute Gasteiger partial charge is 0.450 e. The van der Waals surface area contributed by atoms with Crippen molar-refractivity contribution < 1.29 is 27.5 Å². The molecule has 2 aliphatic heterocycles. The number of carbonyl (C=O) groups is 2. The molecule has 0 bridgehead atoms. The van der Waals surface area contributed by atoms with Gasteiger partial charge in [-0.25, -0.2) is 9.78 Å². The third kappa shape index (κ3) is 6.72. The molecule has 3 rings (SSSR count). The van der Waals surface area contributed by atoms with Gasteiger partial charge < -0.3 is 19.9 Å². The van der Waals surface area contributed by atoms with Gasteiger partial charge in [0.25, 0.3) is 0 Å². The van der Waals surface area contributed by atoms with E-state index in [9.17, 15) is 22.8 Å². The highest BCUT2D eigenvalue weighted by Gasteiger charge is 2.31. The number of hydrogen-bond donors (Lipinski definition) is 1. The minimum absolute atomic E-state index is 0.0352. The van der Waals surface area contributed by atoms with Crippen molar-refractivity contribution in [3.8, 4) is 0 Å². The summed E-state index contributed by atoms with van der Waals surface area (Å²) >= 11 is 0. The van der Waals surface area contributed by atoms with E-state index in [-0.39, 0.29) is 24.6 Å². The van der Waals surface area contributed by atoms with Gasteiger partial charge in [-0.1, -0.05) is 0 Å². The van der Waals surface area contributed by atoms with Crippen LogP contribution in [0.5, 0.6) is 0 Å². The second-order valence-corrected chi connectivity index (χ2v) is 8.05. The lowest BCUT2D eigenvalue weighted by Crippen LogP contribution is -2.49. The van der Waals surface area contributed by atoms with Gasteiger partial charge in [-0.2, -0.15) is 13.2 Å². The zero-order valence-corrected chi connectivity index (χ0v) is 18.2. The molecule has 2 amide bonds. The summed E-state index contributed by atoms with van der Waals surface area (Å²) < 4.78 is 43.2. The number of amides is 2. The minimum Gasteiger partial charge on any atom is -0.450 e. The van der Waals surface area contributed by atoms with E-state index >= 15 is 0 Å². The van der Waals surface area contributed by atoms with Crippen molar-refractivity contribution in [3.63, 3.8) is 0 Å². The molecule has 0 spiro atoms. The maximum Gasteiger partial charge on any atom is 0.417 e. The molecule has 2 aliphatic rings. The molecule has 0 atom stereocenters. The van der Waals surface area contributed by atoms with Crippen LogP contribution < -0.4 is 10.2 Å². The summed E-state index contributed by atoms with van der Waals surface area (Å²) in [4.78, 5) is 33.9. The van der Waals surface area contributed by atoms with Crippen molar-refractivity contribution in [2.45, 2.75) is 38.4 Å². The molecular weight excluding hydrogens is 427 g/mol. The van der Waals surface area contributed by atoms with E-state index in [2.05, 4.69) is 10.3 Å². The average Bonchev–Trinajstić information content (AvgIpc) is 2.99. The fourth-order valence-corrected chi connectivity index (χ4v) is 4.00. The number of rotatable bonds is 5. The van der Waals surface area contributed by atoms with Crippen LogP contribution in [0.2, 0.25) is 0 Å². The van der Waals surface area contributed by atoms with E-state index in [0.717, 1.165) is 25.2 Å². The Balaban J connectivity index is 1.42. The summed E-state index contributed by atoms with van der Waals surface area (Å²) in [5, 5.41) is 3.05. The number of pyridine rings is 1. The van der Waals surface area contributed by atoms with Crippen LogP contribution in [0.25, 0.3) is 0 Å². The first kappa shape index (κ1) is 24.1. The van der Waals surface area contributed by atoms with E-state index in [4.69, 9.17) is 4.74 Å². The number of piperidine rings is 1. The number of aromatic nitrogens is 1. The van der Waals surface area contributed by atoms with Crippen LogP contribution >= 0.6 is 0 Å². The number of halogens is 3. The summed E-state index contributed by atoms with van der Waals surface area (Å²) in [5.74, 6) is 0.457. The highest BCUT2D eigenvalue weighted by atomic mass is 19.4. The maximum absolute atomic E-state index is 12.7. The third-order valence-electron chi connectivity index (χ3n) is 5.74. The third-order valence-corrected chi connectivity index (χ3v) is 5.74. The standard InChI is InChI=1S/C21H30F3N5O3/c1-2-32-20(31)29-10-6-17(7-11-29)26-19(30)15-27-8-3-9-28(13-12-27)18-5-4-16(14-25-18)21(22,23)24/h4-5,14,17H,2-3,6-13,15H2,1H3,(H,26,30). The zero-order chi connectivity index (χ0) is 23.1. The van der Waals surface area contributed by atoms with Crippen LogP contribution in [-0.2, 0) is 15.7 Å². The van der Waals surface area contributed by atoms with Crippen LogP contribution in [0.15, 0.2) is 18.3 Å². The number of anilines is 1. The molecule has 1 aromatic rings. The van der Waals surface area contributed by atoms with E-state index in [1.165, 1.54) is 6.07 Å². The van der Waals surface area contributed by atoms with Crippen molar-refractivity contribution in [1.82, 2.24) is 20.1 Å². The van der Waals surface area contributed by atoms with Crippen molar-refractivity contribution in [2.75, 3.05) is 57.3 Å². The predicted octanol–water partition coefficient (Wildman–Crippen LogP) is 2.35. The highest BCUT2D eigenvalue weighted by Crippen LogP contribution is 2.29. The molecule has 11 heteroatoms. The Bertz CT molecular complexity index is 767. The Morgan fingerprint density at radius 1 is 1.12 bits per heavy atom. The molecule has 3 heterocycles. The van der Waals surface area contributed by atoms with Crippen molar-refractivity contribution in [2.24, 2.45) is 0 Å². The number of ether oxygens (including phenoxy) is 1. The fraction of sp³-hybridized carbons (Fsp3) is 0.667. The molecule has 0 aromatic carbocycles. The molecule has 1 aromatic heterocycles. The van der Waals surface area contributed by atoms with Gasteiger partial charge in [0.15, 0.2) is 0 Å². The topological polar surface area (TPSA) is 78.0 Å². The monoisotopic (exact) mass is 457 g/mol. The first-order valence-corrected chi connectivity index (χ1v) is 11.0. The van der Waals surface area contributed by atoms with E-state index in [1.807, 2.05) is 9.80 Å². The van der Waals surface area contributed by atoms with Crippen molar-refractivity contribution >= 4 is 17.8 Å². The van der Waals surface area contributed by atoms with Crippen molar-refractivity contribution in [1.29, 1.82) is 0 Å². The molecule has 8 nitrogen and oxygen atoms in total. The van der Waals surface area contributed by atoms with Gasteiger partial charge in [-0.3, -0.25) is 9.69 Å². The van der Waals surface area contributed by atoms with Crippen molar-refractivity contribution in [3.05, 3.63) is 23.9 Å². The molecule has 2 saturated heterocycles. The lowest BCUT2D eigenvalue weighted by atomic mass is 10.1. The van der Waals surface area contributed by atoms with Crippen LogP contribution in [0.4, 0.5) is 23.8 Å². The molecule has 0 unspecified atom stereocenters. The number of hydrogen-bond acceptors (Lipinski definition) is 6. The first-order chi connectivity index (χ1) is 15.3. The maximum atomic E-state index is 12.7. The van der Waals surface area contributed by atoms with E-state index in [0.29, 0.717) is 58.0 Å². The quantitative estimate of drug-likeness (QED) is 0.732. The number of nitrogens with one attached hydrogen (secondary N) is 1. The SMILES string of the molecule is CCOC(=O)N1CCC(NC(=O)CN2CCCN(c3ccc(C(F)(F)F)cn3)CC2)CC1. The molecule has 0 saturated carbocycles.